The number of likely N-dealkylation sites (tertiary alicyclic amines) is 1. The Hall–Kier alpha value is -1.04. The van der Waals surface area contributed by atoms with Crippen molar-refractivity contribution in [3.8, 4) is 0 Å². The molecule has 5 nitrogen and oxygen atoms in total. The average molecular weight is 299 g/mol. The Morgan fingerprint density at radius 3 is 2.70 bits per heavy atom. The lowest BCUT2D eigenvalue weighted by molar-refractivity contribution is 0.331. The summed E-state index contributed by atoms with van der Waals surface area (Å²) in [5.74, 6) is 1.72. The van der Waals surface area contributed by atoms with E-state index in [-0.39, 0.29) is 5.92 Å². The molecule has 2 heterocycles. The van der Waals surface area contributed by atoms with Crippen molar-refractivity contribution >= 4 is 15.8 Å². The number of sulfone groups is 1. The summed E-state index contributed by atoms with van der Waals surface area (Å²) in [5.41, 5.74) is 0. The summed E-state index contributed by atoms with van der Waals surface area (Å²) in [6, 6.07) is 0. The van der Waals surface area contributed by atoms with Gasteiger partial charge in [0.25, 0.3) is 0 Å². The molecule has 2 aliphatic rings. The third-order valence-corrected chi connectivity index (χ3v) is 5.72. The normalized spacial score (nSPS) is 26.5. The first-order chi connectivity index (χ1) is 9.61. The summed E-state index contributed by atoms with van der Waals surface area (Å²) in [7, 11) is -2.80. The van der Waals surface area contributed by atoms with Crippen LogP contribution in [-0.4, -0.2) is 57.0 Å². The SMILES string of the molecule is C=CCNC(=NCC1CCS(=O)(=O)C1)N1CCCCC1. The van der Waals surface area contributed by atoms with Gasteiger partial charge in [0.05, 0.1) is 11.5 Å². The summed E-state index contributed by atoms with van der Waals surface area (Å²) in [4.78, 5) is 6.93. The van der Waals surface area contributed by atoms with Crippen molar-refractivity contribution in [3.05, 3.63) is 12.7 Å². The molecule has 20 heavy (non-hydrogen) atoms. The molecule has 1 unspecified atom stereocenters. The molecule has 0 bridgehead atoms. The molecule has 1 atom stereocenters. The van der Waals surface area contributed by atoms with Gasteiger partial charge in [-0.25, -0.2) is 8.42 Å². The van der Waals surface area contributed by atoms with Gasteiger partial charge < -0.3 is 10.2 Å². The third-order valence-electron chi connectivity index (χ3n) is 3.89. The largest absolute Gasteiger partial charge is 0.353 e. The van der Waals surface area contributed by atoms with Gasteiger partial charge in [-0.15, -0.1) is 6.58 Å². The van der Waals surface area contributed by atoms with Gasteiger partial charge in [0, 0.05) is 26.2 Å². The molecule has 2 fully saturated rings. The number of aliphatic imine (C=N–C) groups is 1. The zero-order valence-electron chi connectivity index (χ0n) is 12.1. The topological polar surface area (TPSA) is 61.8 Å². The minimum Gasteiger partial charge on any atom is -0.353 e. The lowest BCUT2D eigenvalue weighted by Gasteiger charge is -2.30. The van der Waals surface area contributed by atoms with E-state index in [1.807, 2.05) is 6.08 Å². The predicted octanol–water partition coefficient (Wildman–Crippen LogP) is 1.04. The summed E-state index contributed by atoms with van der Waals surface area (Å²) < 4.78 is 22.9. The molecule has 1 N–H and O–H groups in total. The number of nitrogens with one attached hydrogen (secondary N) is 1. The summed E-state index contributed by atoms with van der Waals surface area (Å²) in [6.45, 7) is 7.09. The van der Waals surface area contributed by atoms with Crippen LogP contribution in [-0.2, 0) is 9.84 Å². The maximum atomic E-state index is 11.5. The maximum absolute atomic E-state index is 11.5. The molecule has 0 spiro atoms. The van der Waals surface area contributed by atoms with E-state index in [0.29, 0.717) is 24.6 Å². The standard InChI is InChI=1S/C14H25N3O2S/c1-2-7-15-14(17-8-4-3-5-9-17)16-11-13-6-10-20(18,19)12-13/h2,13H,1,3-12H2,(H,15,16). The molecule has 0 radical (unpaired) electrons. The van der Waals surface area contributed by atoms with Crippen LogP contribution in [0.25, 0.3) is 0 Å². The van der Waals surface area contributed by atoms with E-state index in [0.717, 1.165) is 25.5 Å². The molecule has 0 aliphatic carbocycles. The maximum Gasteiger partial charge on any atom is 0.194 e. The van der Waals surface area contributed by atoms with Gasteiger partial charge in [0.15, 0.2) is 15.8 Å². The number of hydrogen-bond acceptors (Lipinski definition) is 3. The second kappa shape index (κ2) is 7.11. The van der Waals surface area contributed by atoms with Crippen LogP contribution < -0.4 is 5.32 Å². The molecule has 6 heteroatoms. The van der Waals surface area contributed by atoms with Crippen LogP contribution in [0.3, 0.4) is 0 Å². The van der Waals surface area contributed by atoms with E-state index in [4.69, 9.17) is 0 Å². The lowest BCUT2D eigenvalue weighted by Crippen LogP contribution is -2.44. The molecule has 0 amide bonds. The molecule has 0 aromatic rings. The number of guanidine groups is 1. The van der Waals surface area contributed by atoms with Crippen LogP contribution in [0.15, 0.2) is 17.6 Å². The minimum absolute atomic E-state index is 0.185. The molecule has 2 rings (SSSR count). The smallest absolute Gasteiger partial charge is 0.194 e. The van der Waals surface area contributed by atoms with Crippen LogP contribution in [0.5, 0.6) is 0 Å². The van der Waals surface area contributed by atoms with Crippen LogP contribution in [0.2, 0.25) is 0 Å². The molecule has 0 aromatic heterocycles. The molecule has 0 aromatic carbocycles. The molecule has 2 aliphatic heterocycles. The van der Waals surface area contributed by atoms with E-state index in [1.165, 1.54) is 19.3 Å². The van der Waals surface area contributed by atoms with Crippen molar-refractivity contribution < 1.29 is 8.42 Å². The van der Waals surface area contributed by atoms with E-state index >= 15 is 0 Å². The van der Waals surface area contributed by atoms with Gasteiger partial charge in [-0.1, -0.05) is 6.08 Å². The first-order valence-electron chi connectivity index (χ1n) is 7.45. The van der Waals surface area contributed by atoms with Crippen molar-refractivity contribution in [3.63, 3.8) is 0 Å². The Morgan fingerprint density at radius 2 is 2.10 bits per heavy atom. The highest BCUT2D eigenvalue weighted by atomic mass is 32.2. The molecule has 114 valence electrons. The number of rotatable bonds is 4. The van der Waals surface area contributed by atoms with Crippen LogP contribution in [0.1, 0.15) is 25.7 Å². The summed E-state index contributed by atoms with van der Waals surface area (Å²) >= 11 is 0. The lowest BCUT2D eigenvalue weighted by atomic mass is 10.1. The van der Waals surface area contributed by atoms with Gasteiger partial charge in [0.2, 0.25) is 0 Å². The second-order valence-electron chi connectivity index (χ2n) is 5.65. The molecular formula is C14H25N3O2S. The third kappa shape index (κ3) is 4.51. The summed E-state index contributed by atoms with van der Waals surface area (Å²) in [6.07, 6.45) is 6.26. The Kier molecular flexibility index (Phi) is 5.46. The van der Waals surface area contributed by atoms with E-state index in [2.05, 4.69) is 21.8 Å². The van der Waals surface area contributed by atoms with Crippen molar-refractivity contribution in [1.82, 2.24) is 10.2 Å². The highest BCUT2D eigenvalue weighted by Crippen LogP contribution is 2.18. The Labute approximate surface area is 122 Å². The van der Waals surface area contributed by atoms with Crippen LogP contribution in [0.4, 0.5) is 0 Å². The van der Waals surface area contributed by atoms with E-state index in [9.17, 15) is 8.42 Å². The van der Waals surface area contributed by atoms with Crippen molar-refractivity contribution in [1.29, 1.82) is 0 Å². The fourth-order valence-corrected chi connectivity index (χ4v) is 4.62. The van der Waals surface area contributed by atoms with Gasteiger partial charge in [-0.05, 0) is 31.6 Å². The van der Waals surface area contributed by atoms with Crippen LogP contribution in [0, 0.1) is 5.92 Å². The monoisotopic (exact) mass is 299 g/mol. The second-order valence-corrected chi connectivity index (χ2v) is 7.88. The van der Waals surface area contributed by atoms with Crippen molar-refractivity contribution in [2.24, 2.45) is 10.9 Å². The fraction of sp³-hybridized carbons (Fsp3) is 0.786. The number of nitrogens with zero attached hydrogens (tertiary/aromatic N) is 2. The zero-order valence-corrected chi connectivity index (χ0v) is 12.9. The van der Waals surface area contributed by atoms with Crippen molar-refractivity contribution in [2.45, 2.75) is 25.7 Å². The van der Waals surface area contributed by atoms with Crippen LogP contribution >= 0.6 is 0 Å². The highest BCUT2D eigenvalue weighted by Gasteiger charge is 2.27. The van der Waals surface area contributed by atoms with Gasteiger partial charge >= 0.3 is 0 Å². The minimum atomic E-state index is -2.80. The number of piperidine rings is 1. The Bertz CT molecular complexity index is 453. The Morgan fingerprint density at radius 1 is 1.35 bits per heavy atom. The quantitative estimate of drug-likeness (QED) is 0.479. The van der Waals surface area contributed by atoms with Gasteiger partial charge in [-0.2, -0.15) is 0 Å². The van der Waals surface area contributed by atoms with E-state index < -0.39 is 9.84 Å². The van der Waals surface area contributed by atoms with Crippen molar-refractivity contribution in [2.75, 3.05) is 37.7 Å². The summed E-state index contributed by atoms with van der Waals surface area (Å²) in [5, 5.41) is 3.29. The average Bonchev–Trinajstić information content (AvgIpc) is 2.79. The first kappa shape index (κ1) is 15.4. The highest BCUT2D eigenvalue weighted by molar-refractivity contribution is 7.91. The predicted molar refractivity (Wildman–Crippen MR) is 82.7 cm³/mol. The molecule has 2 saturated heterocycles. The first-order valence-corrected chi connectivity index (χ1v) is 9.27. The van der Waals surface area contributed by atoms with Gasteiger partial charge in [0.1, 0.15) is 0 Å². The number of hydrogen-bond donors (Lipinski definition) is 1. The molecule has 0 saturated carbocycles. The van der Waals surface area contributed by atoms with Gasteiger partial charge in [-0.3, -0.25) is 4.99 Å². The molecular weight excluding hydrogens is 274 g/mol. The Balaban J connectivity index is 1.94. The fourth-order valence-electron chi connectivity index (χ4n) is 2.77. The van der Waals surface area contributed by atoms with E-state index in [1.54, 1.807) is 0 Å². The zero-order chi connectivity index (χ0) is 14.4.